The maximum absolute atomic E-state index is 10.5. The number of hydrogen-bond donors (Lipinski definition) is 2. The minimum atomic E-state index is -1.19. The Morgan fingerprint density at radius 3 is 2.70 bits per heavy atom. The lowest BCUT2D eigenvalue weighted by Gasteiger charge is -2.19. The Morgan fingerprint density at radius 1 is 1.90 bits per heavy atom. The van der Waals surface area contributed by atoms with Crippen molar-refractivity contribution in [3.8, 4) is 0 Å². The number of esters is 1. The second-order valence-electron chi connectivity index (χ2n) is 2.70. The minimum Gasteiger partial charge on any atom is -0.457 e. The van der Waals surface area contributed by atoms with E-state index in [4.69, 9.17) is 5.11 Å². The Morgan fingerprint density at radius 2 is 2.50 bits per heavy atom. The van der Waals surface area contributed by atoms with Gasteiger partial charge in [0.25, 0.3) is 0 Å². The van der Waals surface area contributed by atoms with E-state index >= 15 is 0 Å². The fourth-order valence-electron chi connectivity index (χ4n) is 0.967. The van der Waals surface area contributed by atoms with Gasteiger partial charge in [0.05, 0.1) is 13.0 Å². The molecule has 2 atom stereocenters. The largest absolute Gasteiger partial charge is 0.457 e. The van der Waals surface area contributed by atoms with Crippen LogP contribution >= 0.6 is 0 Å². The molecule has 1 unspecified atom stereocenters. The van der Waals surface area contributed by atoms with Crippen LogP contribution in [0.5, 0.6) is 0 Å². The maximum Gasteiger partial charge on any atom is 0.309 e. The summed E-state index contributed by atoms with van der Waals surface area (Å²) in [4.78, 5) is 10.5. The molecule has 1 aliphatic heterocycles. The molecule has 1 heterocycles. The van der Waals surface area contributed by atoms with Crippen LogP contribution in [0.25, 0.3) is 0 Å². The molecule has 0 aromatic carbocycles. The number of carbonyl (C=O) groups excluding carboxylic acids is 1. The van der Waals surface area contributed by atoms with Gasteiger partial charge in [-0.15, -0.1) is 0 Å². The third kappa shape index (κ3) is 1.12. The lowest BCUT2D eigenvalue weighted by Crippen LogP contribution is -2.37. The molecule has 4 heteroatoms. The van der Waals surface area contributed by atoms with Crippen molar-refractivity contribution in [2.24, 2.45) is 0 Å². The van der Waals surface area contributed by atoms with Crippen LogP contribution < -0.4 is 0 Å². The van der Waals surface area contributed by atoms with E-state index in [0.717, 1.165) is 0 Å². The van der Waals surface area contributed by atoms with E-state index in [1.165, 1.54) is 6.92 Å². The van der Waals surface area contributed by atoms with Crippen LogP contribution in [0.15, 0.2) is 0 Å². The monoisotopic (exact) mass is 146 g/mol. The zero-order chi connectivity index (χ0) is 7.78. The van der Waals surface area contributed by atoms with Crippen molar-refractivity contribution in [2.75, 3.05) is 6.61 Å². The molecule has 4 nitrogen and oxygen atoms in total. The first kappa shape index (κ1) is 7.50. The highest BCUT2D eigenvalue weighted by atomic mass is 16.6. The summed E-state index contributed by atoms with van der Waals surface area (Å²) in [6, 6.07) is 0. The van der Waals surface area contributed by atoms with Crippen LogP contribution in [0.3, 0.4) is 0 Å². The van der Waals surface area contributed by atoms with Crippen LogP contribution in [-0.4, -0.2) is 34.5 Å². The van der Waals surface area contributed by atoms with Gasteiger partial charge in [0, 0.05) is 0 Å². The van der Waals surface area contributed by atoms with Crippen LogP contribution in [0.1, 0.15) is 13.3 Å². The average molecular weight is 146 g/mol. The quantitative estimate of drug-likeness (QED) is 0.468. The zero-order valence-corrected chi connectivity index (χ0v) is 5.70. The van der Waals surface area contributed by atoms with Gasteiger partial charge in [-0.2, -0.15) is 0 Å². The van der Waals surface area contributed by atoms with E-state index < -0.39 is 17.7 Å². The Kier molecular flexibility index (Phi) is 1.66. The topological polar surface area (TPSA) is 66.8 Å². The average Bonchev–Trinajstić information content (AvgIpc) is 2.04. The normalized spacial score (nSPS) is 39.9. The second kappa shape index (κ2) is 2.21. The van der Waals surface area contributed by atoms with Gasteiger partial charge < -0.3 is 14.9 Å². The summed E-state index contributed by atoms with van der Waals surface area (Å²) in [6.45, 7) is 1.15. The second-order valence-corrected chi connectivity index (χ2v) is 2.70. The summed E-state index contributed by atoms with van der Waals surface area (Å²) in [7, 11) is 0. The summed E-state index contributed by atoms with van der Waals surface area (Å²) < 4.78 is 4.59. The highest BCUT2D eigenvalue weighted by Gasteiger charge is 2.43. The van der Waals surface area contributed by atoms with Gasteiger partial charge in [-0.3, -0.25) is 4.79 Å². The summed E-state index contributed by atoms with van der Waals surface area (Å²) in [6.07, 6.45) is -0.780. The molecule has 0 saturated carbocycles. The van der Waals surface area contributed by atoms with Crippen molar-refractivity contribution in [1.29, 1.82) is 0 Å². The molecule has 0 aromatic rings. The summed E-state index contributed by atoms with van der Waals surface area (Å²) in [5.41, 5.74) is -1.19. The van der Waals surface area contributed by atoms with E-state index in [-0.39, 0.29) is 13.0 Å². The van der Waals surface area contributed by atoms with Crippen LogP contribution in [0.2, 0.25) is 0 Å². The van der Waals surface area contributed by atoms with Gasteiger partial charge in [0.15, 0.2) is 6.10 Å². The minimum absolute atomic E-state index is 0.0295. The molecular weight excluding hydrogens is 136 g/mol. The highest BCUT2D eigenvalue weighted by molar-refractivity contribution is 5.73. The predicted octanol–water partition coefficient (Wildman–Crippen LogP) is -0.955. The number of aliphatic hydroxyl groups excluding tert-OH is 1. The lowest BCUT2D eigenvalue weighted by molar-refractivity contribution is -0.144. The number of hydrogen-bond acceptors (Lipinski definition) is 4. The molecule has 0 bridgehead atoms. The van der Waals surface area contributed by atoms with Crippen molar-refractivity contribution in [2.45, 2.75) is 25.0 Å². The summed E-state index contributed by atoms with van der Waals surface area (Å²) in [5.74, 6) is -0.455. The molecular formula is C6H10O4. The van der Waals surface area contributed by atoms with Crippen molar-refractivity contribution in [1.82, 2.24) is 0 Å². The van der Waals surface area contributed by atoms with Gasteiger partial charge in [0.1, 0.15) is 5.60 Å². The van der Waals surface area contributed by atoms with Gasteiger partial charge in [-0.1, -0.05) is 0 Å². The first-order valence-corrected chi connectivity index (χ1v) is 3.09. The molecule has 0 aliphatic carbocycles. The molecule has 0 aromatic heterocycles. The summed E-state index contributed by atoms with van der Waals surface area (Å²) in [5, 5.41) is 17.9. The van der Waals surface area contributed by atoms with E-state index in [0.29, 0.717) is 0 Å². The molecule has 0 radical (unpaired) electrons. The zero-order valence-electron chi connectivity index (χ0n) is 5.70. The maximum atomic E-state index is 10.5. The van der Waals surface area contributed by atoms with E-state index in [1.54, 1.807) is 0 Å². The highest BCUT2D eigenvalue weighted by Crippen LogP contribution is 2.25. The fraction of sp³-hybridized carbons (Fsp3) is 0.833. The Labute approximate surface area is 58.4 Å². The molecule has 58 valence electrons. The van der Waals surface area contributed by atoms with Crippen LogP contribution in [0.4, 0.5) is 0 Å². The van der Waals surface area contributed by atoms with Crippen LogP contribution in [-0.2, 0) is 9.53 Å². The van der Waals surface area contributed by atoms with Crippen molar-refractivity contribution in [3.05, 3.63) is 0 Å². The van der Waals surface area contributed by atoms with E-state index in [1.807, 2.05) is 0 Å². The smallest absolute Gasteiger partial charge is 0.309 e. The first-order valence-electron chi connectivity index (χ1n) is 3.09. The molecule has 1 fully saturated rings. The Bertz CT molecular complexity index is 152. The molecule has 1 rings (SSSR count). The summed E-state index contributed by atoms with van der Waals surface area (Å²) >= 11 is 0. The number of ether oxygens (including phenoxy) is 1. The van der Waals surface area contributed by atoms with Gasteiger partial charge in [-0.25, -0.2) is 0 Å². The lowest BCUT2D eigenvalue weighted by atomic mass is 9.99. The van der Waals surface area contributed by atoms with Crippen molar-refractivity contribution in [3.63, 3.8) is 0 Å². The fourth-order valence-corrected chi connectivity index (χ4v) is 0.967. The van der Waals surface area contributed by atoms with Crippen molar-refractivity contribution >= 4 is 5.97 Å². The number of rotatable bonds is 1. The Hall–Kier alpha value is -0.610. The molecule has 1 saturated heterocycles. The molecule has 2 N–H and O–H groups in total. The van der Waals surface area contributed by atoms with Gasteiger partial charge in [-0.05, 0) is 6.92 Å². The number of aliphatic hydroxyl groups is 2. The van der Waals surface area contributed by atoms with Gasteiger partial charge >= 0.3 is 5.97 Å². The molecule has 10 heavy (non-hydrogen) atoms. The van der Waals surface area contributed by atoms with Crippen molar-refractivity contribution < 1.29 is 19.7 Å². The third-order valence-electron chi connectivity index (χ3n) is 1.64. The Balaban J connectivity index is 2.67. The van der Waals surface area contributed by atoms with Crippen LogP contribution in [0, 0.1) is 0 Å². The third-order valence-corrected chi connectivity index (χ3v) is 1.64. The first-order chi connectivity index (χ1) is 4.56. The predicted molar refractivity (Wildman–Crippen MR) is 32.2 cm³/mol. The van der Waals surface area contributed by atoms with E-state index in [2.05, 4.69) is 4.74 Å². The van der Waals surface area contributed by atoms with Gasteiger partial charge in [0.2, 0.25) is 0 Å². The molecule has 0 spiro atoms. The molecule has 1 aliphatic rings. The van der Waals surface area contributed by atoms with E-state index in [9.17, 15) is 9.90 Å². The number of cyclic esters (lactones) is 1. The SMILES string of the molecule is CC1(O)CC(=O)O[C@@H]1CO. The molecule has 0 amide bonds. The number of carbonyl (C=O) groups is 1. The standard InChI is InChI=1S/C6H10O4/c1-6(9)2-5(8)10-4(6)3-7/h4,7,9H,2-3H2,1H3/t4-,6?/m1/s1.